The van der Waals surface area contributed by atoms with Crippen LogP contribution in [0.15, 0.2) is 49.0 Å². The van der Waals surface area contributed by atoms with Gasteiger partial charge in [-0.15, -0.1) is 0 Å². The van der Waals surface area contributed by atoms with Crippen molar-refractivity contribution in [3.63, 3.8) is 0 Å². The minimum Gasteiger partial charge on any atom is -0.330 e. The summed E-state index contributed by atoms with van der Waals surface area (Å²) in [6.45, 7) is 11.2. The van der Waals surface area contributed by atoms with Gasteiger partial charge in [0.1, 0.15) is 0 Å². The first-order chi connectivity index (χ1) is 8.81. The van der Waals surface area contributed by atoms with Crippen molar-refractivity contribution in [3.8, 4) is 0 Å². The Bertz CT molecular complexity index is 386. The van der Waals surface area contributed by atoms with E-state index in [0.717, 1.165) is 13.0 Å². The monoisotopic (exact) mass is 247 g/mol. The van der Waals surface area contributed by atoms with Crippen molar-refractivity contribution in [1.82, 2.24) is 9.55 Å². The van der Waals surface area contributed by atoms with E-state index in [0.29, 0.717) is 6.54 Å². The molecule has 1 aromatic heterocycles. The molecule has 0 radical (unpaired) electrons. The fraction of sp³-hybridized carbons (Fsp3) is 0.400. The maximum absolute atomic E-state index is 5.55. The van der Waals surface area contributed by atoms with Crippen LogP contribution in [0.1, 0.15) is 26.5 Å². The summed E-state index contributed by atoms with van der Waals surface area (Å²) in [6.07, 6.45) is 12.5. The Morgan fingerprint density at radius 1 is 1.50 bits per heavy atom. The summed E-state index contributed by atoms with van der Waals surface area (Å²) < 4.78 is 2.11. The van der Waals surface area contributed by atoms with E-state index >= 15 is 0 Å². The van der Waals surface area contributed by atoms with Crippen LogP contribution in [0.3, 0.4) is 0 Å². The number of hydrogen-bond donors (Lipinski definition) is 1. The second-order valence-corrected chi connectivity index (χ2v) is 3.53. The Hall–Kier alpha value is -1.61. The van der Waals surface area contributed by atoms with Crippen LogP contribution < -0.4 is 5.73 Å². The quantitative estimate of drug-likeness (QED) is 0.785. The molecule has 0 aliphatic carbocycles. The summed E-state index contributed by atoms with van der Waals surface area (Å²) in [6, 6.07) is 0. The van der Waals surface area contributed by atoms with E-state index in [9.17, 15) is 0 Å². The molecule has 18 heavy (non-hydrogen) atoms. The lowest BCUT2D eigenvalue weighted by Gasteiger charge is -2.07. The molecular weight excluding hydrogens is 222 g/mol. The average molecular weight is 247 g/mol. The largest absolute Gasteiger partial charge is 0.330 e. The topological polar surface area (TPSA) is 43.8 Å². The first kappa shape index (κ1) is 16.4. The molecule has 0 aliphatic rings. The molecule has 0 aromatic carbocycles. The minimum atomic E-state index is 0.649. The zero-order valence-electron chi connectivity index (χ0n) is 11.8. The normalized spacial score (nSPS) is 11.2. The Kier molecular flexibility index (Phi) is 9.60. The van der Waals surface area contributed by atoms with E-state index in [1.54, 1.807) is 6.08 Å². The molecule has 0 amide bonds. The maximum atomic E-state index is 5.55. The number of rotatable bonds is 6. The highest BCUT2D eigenvalue weighted by Gasteiger charge is 2.01. The molecule has 3 nitrogen and oxygen atoms in total. The number of aromatic nitrogens is 2. The SMILES string of the molecule is C=C/C=C(\C=C/C)Cn1cncc1CCN.CC. The fourth-order valence-electron chi connectivity index (χ4n) is 1.57. The van der Waals surface area contributed by atoms with Gasteiger partial charge in [-0.25, -0.2) is 4.98 Å². The van der Waals surface area contributed by atoms with Crippen molar-refractivity contribution in [2.45, 2.75) is 33.7 Å². The van der Waals surface area contributed by atoms with Crippen molar-refractivity contribution in [1.29, 1.82) is 0 Å². The molecule has 0 fully saturated rings. The van der Waals surface area contributed by atoms with E-state index in [4.69, 9.17) is 5.73 Å². The van der Waals surface area contributed by atoms with Crippen LogP contribution >= 0.6 is 0 Å². The molecule has 0 spiro atoms. The van der Waals surface area contributed by atoms with E-state index < -0.39 is 0 Å². The minimum absolute atomic E-state index is 0.649. The Labute approximate surface area is 111 Å². The van der Waals surface area contributed by atoms with Crippen molar-refractivity contribution in [2.24, 2.45) is 5.73 Å². The third-order valence-electron chi connectivity index (χ3n) is 2.26. The van der Waals surface area contributed by atoms with Crippen LogP contribution in [0, 0.1) is 0 Å². The lowest BCUT2D eigenvalue weighted by molar-refractivity contribution is 0.732. The number of hydrogen-bond acceptors (Lipinski definition) is 2. The number of nitrogens with two attached hydrogens (primary N) is 1. The first-order valence-corrected chi connectivity index (χ1v) is 6.45. The number of allylic oxidation sites excluding steroid dienone is 5. The van der Waals surface area contributed by atoms with Crippen molar-refractivity contribution < 1.29 is 0 Å². The van der Waals surface area contributed by atoms with Crippen molar-refractivity contribution >= 4 is 0 Å². The molecular formula is C15H25N3. The molecule has 0 atom stereocenters. The van der Waals surface area contributed by atoms with Gasteiger partial charge < -0.3 is 10.3 Å². The van der Waals surface area contributed by atoms with Crippen LogP contribution in [0.4, 0.5) is 0 Å². The number of nitrogens with zero attached hydrogens (tertiary/aromatic N) is 2. The molecule has 1 heterocycles. The summed E-state index contributed by atoms with van der Waals surface area (Å²) in [5.74, 6) is 0. The molecule has 0 unspecified atom stereocenters. The van der Waals surface area contributed by atoms with E-state index in [2.05, 4.69) is 22.2 Å². The van der Waals surface area contributed by atoms with Gasteiger partial charge >= 0.3 is 0 Å². The van der Waals surface area contributed by atoms with Gasteiger partial charge in [0.2, 0.25) is 0 Å². The number of imidazole rings is 1. The second-order valence-electron chi connectivity index (χ2n) is 3.53. The van der Waals surface area contributed by atoms with Crippen LogP contribution in [0.25, 0.3) is 0 Å². The third-order valence-corrected chi connectivity index (χ3v) is 2.26. The van der Waals surface area contributed by atoms with Gasteiger partial charge in [-0.1, -0.05) is 44.7 Å². The van der Waals surface area contributed by atoms with Gasteiger partial charge in [0, 0.05) is 24.9 Å². The van der Waals surface area contributed by atoms with Gasteiger partial charge in [-0.3, -0.25) is 0 Å². The molecule has 100 valence electrons. The first-order valence-electron chi connectivity index (χ1n) is 6.45. The molecule has 0 saturated heterocycles. The summed E-state index contributed by atoms with van der Waals surface area (Å²) in [7, 11) is 0. The van der Waals surface area contributed by atoms with Gasteiger partial charge in [0.15, 0.2) is 0 Å². The van der Waals surface area contributed by atoms with Crippen LogP contribution in [-0.4, -0.2) is 16.1 Å². The molecule has 1 rings (SSSR count). The fourth-order valence-corrected chi connectivity index (χ4v) is 1.57. The Balaban J connectivity index is 0.00000137. The van der Waals surface area contributed by atoms with E-state index in [1.807, 2.05) is 45.4 Å². The zero-order valence-corrected chi connectivity index (χ0v) is 11.8. The van der Waals surface area contributed by atoms with Gasteiger partial charge in [0.05, 0.1) is 6.33 Å². The zero-order chi connectivity index (χ0) is 13.8. The van der Waals surface area contributed by atoms with Gasteiger partial charge in [-0.2, -0.15) is 0 Å². The maximum Gasteiger partial charge on any atom is 0.0951 e. The lowest BCUT2D eigenvalue weighted by Crippen LogP contribution is -2.09. The van der Waals surface area contributed by atoms with Gasteiger partial charge in [0.25, 0.3) is 0 Å². The summed E-state index contributed by atoms with van der Waals surface area (Å²) in [4.78, 5) is 4.14. The molecule has 1 aromatic rings. The highest BCUT2D eigenvalue weighted by Crippen LogP contribution is 2.07. The molecule has 0 saturated carbocycles. The van der Waals surface area contributed by atoms with Crippen molar-refractivity contribution in [3.05, 3.63) is 54.7 Å². The second kappa shape index (κ2) is 10.5. The molecule has 2 N–H and O–H groups in total. The smallest absolute Gasteiger partial charge is 0.0951 e. The highest BCUT2D eigenvalue weighted by molar-refractivity contribution is 5.23. The summed E-state index contributed by atoms with van der Waals surface area (Å²) >= 11 is 0. The highest BCUT2D eigenvalue weighted by atomic mass is 15.0. The predicted molar refractivity (Wildman–Crippen MR) is 79.4 cm³/mol. The molecule has 0 bridgehead atoms. The summed E-state index contributed by atoms with van der Waals surface area (Å²) in [5.41, 5.74) is 7.92. The van der Waals surface area contributed by atoms with E-state index in [-0.39, 0.29) is 0 Å². The summed E-state index contributed by atoms with van der Waals surface area (Å²) in [5, 5.41) is 0. The lowest BCUT2D eigenvalue weighted by atomic mass is 10.2. The average Bonchev–Trinajstić information content (AvgIpc) is 2.80. The standard InChI is InChI=1S/C13H19N3.C2H6/c1-3-5-12(6-4-2)10-16-11-15-9-13(16)7-8-14;1-2/h3-6,9,11H,1,7-8,10,14H2,2H3;1-2H3/b6-4-,12-5+;. The molecule has 0 aliphatic heterocycles. The van der Waals surface area contributed by atoms with Crippen molar-refractivity contribution in [2.75, 3.05) is 6.54 Å². The Morgan fingerprint density at radius 3 is 2.78 bits per heavy atom. The predicted octanol–water partition coefficient (Wildman–Crippen LogP) is 3.10. The Morgan fingerprint density at radius 2 is 2.22 bits per heavy atom. The van der Waals surface area contributed by atoms with Crippen LogP contribution in [0.5, 0.6) is 0 Å². The van der Waals surface area contributed by atoms with Gasteiger partial charge in [-0.05, 0) is 19.0 Å². The third kappa shape index (κ3) is 5.64. The van der Waals surface area contributed by atoms with Crippen LogP contribution in [0.2, 0.25) is 0 Å². The van der Waals surface area contributed by atoms with Crippen LogP contribution in [-0.2, 0) is 13.0 Å². The molecule has 3 heteroatoms. The van der Waals surface area contributed by atoms with E-state index in [1.165, 1.54) is 11.3 Å².